The molecule has 0 N–H and O–H groups in total. The molecule has 0 unspecified atom stereocenters. The molecule has 0 aromatic carbocycles. The van der Waals surface area contributed by atoms with Crippen LogP contribution in [0.2, 0.25) is 0 Å². The van der Waals surface area contributed by atoms with E-state index in [0.717, 1.165) is 45.8 Å². The summed E-state index contributed by atoms with van der Waals surface area (Å²) < 4.78 is 7.64. The summed E-state index contributed by atoms with van der Waals surface area (Å²) in [7, 11) is 0. The van der Waals surface area contributed by atoms with Crippen LogP contribution in [0.1, 0.15) is 50.1 Å². The molecule has 0 saturated carbocycles. The third-order valence-corrected chi connectivity index (χ3v) is 4.17. The van der Waals surface area contributed by atoms with Gasteiger partial charge in [-0.2, -0.15) is 5.10 Å². The van der Waals surface area contributed by atoms with Gasteiger partial charge in [-0.3, -0.25) is 9.58 Å². The van der Waals surface area contributed by atoms with E-state index in [1.807, 2.05) is 0 Å². The van der Waals surface area contributed by atoms with Crippen LogP contribution in [-0.4, -0.2) is 47.5 Å². The van der Waals surface area contributed by atoms with Crippen molar-refractivity contribution in [2.24, 2.45) is 0 Å². The number of morpholine rings is 1. The predicted octanol–water partition coefficient (Wildman–Crippen LogP) is 2.60. The van der Waals surface area contributed by atoms with E-state index in [2.05, 4.69) is 37.3 Å². The van der Waals surface area contributed by atoms with Crippen LogP contribution < -0.4 is 0 Å². The first kappa shape index (κ1) is 15.5. The molecule has 1 aliphatic heterocycles. The predicted molar refractivity (Wildman–Crippen MR) is 82.3 cm³/mol. The molecule has 20 heavy (non-hydrogen) atoms. The Morgan fingerprint density at radius 3 is 2.50 bits per heavy atom. The Hall–Kier alpha value is -0.870. The molecule has 1 fully saturated rings. The summed E-state index contributed by atoms with van der Waals surface area (Å²) in [5.74, 6) is 0.547. The maximum atomic E-state index is 5.39. The van der Waals surface area contributed by atoms with Gasteiger partial charge in [-0.25, -0.2) is 0 Å². The van der Waals surface area contributed by atoms with Gasteiger partial charge in [-0.15, -0.1) is 0 Å². The Balaban J connectivity index is 1.94. The summed E-state index contributed by atoms with van der Waals surface area (Å²) in [4.78, 5) is 2.50. The minimum Gasteiger partial charge on any atom is -0.379 e. The highest BCUT2D eigenvalue weighted by molar-refractivity contribution is 5.27. The normalized spacial score (nSPS) is 17.1. The third-order valence-electron chi connectivity index (χ3n) is 4.17. The summed E-state index contributed by atoms with van der Waals surface area (Å²) in [6.45, 7) is 15.1. The Bertz CT molecular complexity index is 420. The summed E-state index contributed by atoms with van der Waals surface area (Å²) in [6, 6.07) is 0. The molecule has 4 heteroatoms. The van der Waals surface area contributed by atoms with Crippen LogP contribution >= 0.6 is 0 Å². The number of aromatic nitrogens is 2. The fraction of sp³-hybridized carbons (Fsp3) is 0.812. The van der Waals surface area contributed by atoms with E-state index in [1.165, 1.54) is 23.4 Å². The molecule has 2 heterocycles. The molecule has 0 radical (unpaired) electrons. The number of hydrogen-bond donors (Lipinski definition) is 0. The Morgan fingerprint density at radius 2 is 1.90 bits per heavy atom. The zero-order valence-electron chi connectivity index (χ0n) is 13.5. The molecule has 0 aliphatic carbocycles. The van der Waals surface area contributed by atoms with Gasteiger partial charge in [-0.1, -0.05) is 20.8 Å². The molecular weight excluding hydrogens is 250 g/mol. The van der Waals surface area contributed by atoms with Gasteiger partial charge in [0.2, 0.25) is 0 Å². The van der Waals surface area contributed by atoms with Crippen molar-refractivity contribution in [2.45, 2.75) is 53.0 Å². The quantitative estimate of drug-likeness (QED) is 0.802. The lowest BCUT2D eigenvalue weighted by Gasteiger charge is -2.26. The van der Waals surface area contributed by atoms with Crippen molar-refractivity contribution in [3.05, 3.63) is 17.0 Å². The lowest BCUT2D eigenvalue weighted by molar-refractivity contribution is 0.0368. The molecule has 0 bridgehead atoms. The van der Waals surface area contributed by atoms with Gasteiger partial charge < -0.3 is 4.74 Å². The largest absolute Gasteiger partial charge is 0.379 e. The van der Waals surface area contributed by atoms with Crippen LogP contribution in [0.4, 0.5) is 0 Å². The maximum Gasteiger partial charge on any atom is 0.0654 e. The second-order valence-corrected chi connectivity index (χ2v) is 6.00. The molecule has 1 aromatic heterocycles. The second kappa shape index (κ2) is 7.23. The first-order valence-electron chi connectivity index (χ1n) is 7.99. The van der Waals surface area contributed by atoms with Crippen LogP contribution in [0.3, 0.4) is 0 Å². The minimum absolute atomic E-state index is 0.547. The topological polar surface area (TPSA) is 30.3 Å². The molecule has 4 nitrogen and oxygen atoms in total. The second-order valence-electron chi connectivity index (χ2n) is 6.00. The minimum atomic E-state index is 0.547. The fourth-order valence-electron chi connectivity index (χ4n) is 3.12. The summed E-state index contributed by atoms with van der Waals surface area (Å²) in [5.41, 5.74) is 4.08. The van der Waals surface area contributed by atoms with E-state index in [9.17, 15) is 0 Å². The Kier molecular flexibility index (Phi) is 5.61. The van der Waals surface area contributed by atoms with Crippen molar-refractivity contribution in [1.82, 2.24) is 14.7 Å². The van der Waals surface area contributed by atoms with E-state index in [-0.39, 0.29) is 0 Å². The molecule has 0 atom stereocenters. The number of hydrogen-bond acceptors (Lipinski definition) is 3. The summed E-state index contributed by atoms with van der Waals surface area (Å²) in [6.07, 6.45) is 2.20. The molecule has 1 aromatic rings. The van der Waals surface area contributed by atoms with Crippen molar-refractivity contribution in [3.8, 4) is 0 Å². The lowest BCUT2D eigenvalue weighted by atomic mass is 10.0. The van der Waals surface area contributed by atoms with E-state index in [4.69, 9.17) is 9.84 Å². The molecular formula is C16H29N3O. The average molecular weight is 279 g/mol. The molecule has 0 amide bonds. The first-order chi connectivity index (χ1) is 9.63. The molecule has 2 rings (SSSR count). The zero-order valence-corrected chi connectivity index (χ0v) is 13.5. The molecule has 1 aliphatic rings. The van der Waals surface area contributed by atoms with E-state index >= 15 is 0 Å². The van der Waals surface area contributed by atoms with Crippen LogP contribution in [0.15, 0.2) is 0 Å². The maximum absolute atomic E-state index is 5.39. The number of rotatable bonds is 6. The van der Waals surface area contributed by atoms with Gasteiger partial charge in [0.25, 0.3) is 0 Å². The van der Waals surface area contributed by atoms with Crippen LogP contribution in [0.25, 0.3) is 0 Å². The van der Waals surface area contributed by atoms with Crippen LogP contribution in [0, 0.1) is 6.92 Å². The number of aryl methyl sites for hydroxylation is 2. The van der Waals surface area contributed by atoms with E-state index in [0.29, 0.717) is 5.92 Å². The number of nitrogens with zero attached hydrogens (tertiary/aromatic N) is 3. The molecule has 0 spiro atoms. The smallest absolute Gasteiger partial charge is 0.0654 e. The van der Waals surface area contributed by atoms with Gasteiger partial charge in [0.15, 0.2) is 0 Å². The van der Waals surface area contributed by atoms with Crippen molar-refractivity contribution in [2.75, 3.05) is 32.8 Å². The van der Waals surface area contributed by atoms with Crippen molar-refractivity contribution < 1.29 is 4.74 Å². The fourth-order valence-corrected chi connectivity index (χ4v) is 3.12. The first-order valence-corrected chi connectivity index (χ1v) is 7.99. The summed E-state index contributed by atoms with van der Waals surface area (Å²) >= 11 is 0. The van der Waals surface area contributed by atoms with Gasteiger partial charge in [-0.05, 0) is 31.2 Å². The lowest BCUT2D eigenvalue weighted by Crippen LogP contribution is -2.37. The van der Waals surface area contributed by atoms with Crippen molar-refractivity contribution in [1.29, 1.82) is 0 Å². The van der Waals surface area contributed by atoms with Gasteiger partial charge in [0.05, 0.1) is 18.9 Å². The van der Waals surface area contributed by atoms with E-state index in [1.54, 1.807) is 0 Å². The Morgan fingerprint density at radius 1 is 1.20 bits per heavy atom. The highest BCUT2D eigenvalue weighted by Gasteiger charge is 2.16. The van der Waals surface area contributed by atoms with Gasteiger partial charge in [0, 0.05) is 31.9 Å². The van der Waals surface area contributed by atoms with Gasteiger partial charge >= 0.3 is 0 Å². The van der Waals surface area contributed by atoms with Crippen molar-refractivity contribution >= 4 is 0 Å². The van der Waals surface area contributed by atoms with E-state index < -0.39 is 0 Å². The standard InChI is InChI=1S/C16H29N3O/c1-5-15-14(4)16(13(2)3)19(17-15)8-6-7-18-9-11-20-12-10-18/h13H,5-12H2,1-4H3. The SMILES string of the molecule is CCc1nn(CCCN2CCOCC2)c(C(C)C)c1C. The molecule has 1 saturated heterocycles. The molecule has 114 valence electrons. The summed E-state index contributed by atoms with van der Waals surface area (Å²) in [5, 5.41) is 4.81. The van der Waals surface area contributed by atoms with Gasteiger partial charge in [0.1, 0.15) is 0 Å². The number of ether oxygens (including phenoxy) is 1. The Labute approximate surface area is 123 Å². The third kappa shape index (κ3) is 3.61. The average Bonchev–Trinajstić information content (AvgIpc) is 2.76. The highest BCUT2D eigenvalue weighted by atomic mass is 16.5. The van der Waals surface area contributed by atoms with Crippen LogP contribution in [-0.2, 0) is 17.7 Å². The van der Waals surface area contributed by atoms with Crippen molar-refractivity contribution in [3.63, 3.8) is 0 Å². The highest BCUT2D eigenvalue weighted by Crippen LogP contribution is 2.22. The monoisotopic (exact) mass is 279 g/mol. The van der Waals surface area contributed by atoms with Crippen LogP contribution in [0.5, 0.6) is 0 Å². The zero-order chi connectivity index (χ0) is 14.5.